The van der Waals surface area contributed by atoms with E-state index in [-0.39, 0.29) is 6.54 Å². The summed E-state index contributed by atoms with van der Waals surface area (Å²) in [5.74, 6) is -0.700. The van der Waals surface area contributed by atoms with E-state index < -0.39 is 12.0 Å². The van der Waals surface area contributed by atoms with Crippen LogP contribution >= 0.6 is 0 Å². The first-order valence-electron chi connectivity index (χ1n) is 5.88. The Labute approximate surface area is 106 Å². The molecule has 0 spiro atoms. The Hall–Kier alpha value is -2.04. The third-order valence-electron chi connectivity index (χ3n) is 2.63. The zero-order valence-electron chi connectivity index (χ0n) is 10.3. The maximum atomic E-state index is 11.2. The van der Waals surface area contributed by atoms with Gasteiger partial charge in [-0.25, -0.2) is 4.79 Å². The van der Waals surface area contributed by atoms with Crippen molar-refractivity contribution in [1.29, 1.82) is 0 Å². The minimum atomic E-state index is -1.05. The lowest BCUT2D eigenvalue weighted by molar-refractivity contribution is -0.135. The Kier molecular flexibility index (Phi) is 5.70. The van der Waals surface area contributed by atoms with Crippen LogP contribution in [0.3, 0.4) is 0 Å². The molecule has 3 N–H and O–H groups in total. The SMILES string of the molecule is CC(CCNC(=O)NCC(=O)O)c1ccccc1. The molecule has 1 rings (SSSR count). The number of carboxylic acids is 1. The van der Waals surface area contributed by atoms with Crippen LogP contribution < -0.4 is 10.6 Å². The van der Waals surface area contributed by atoms with Gasteiger partial charge in [0.15, 0.2) is 0 Å². The molecule has 0 aromatic heterocycles. The highest BCUT2D eigenvalue weighted by Gasteiger charge is 2.06. The molecule has 0 aliphatic rings. The fourth-order valence-electron chi connectivity index (χ4n) is 1.57. The molecule has 0 saturated carbocycles. The molecule has 0 saturated heterocycles. The Balaban J connectivity index is 2.21. The summed E-state index contributed by atoms with van der Waals surface area (Å²) in [7, 11) is 0. The zero-order valence-corrected chi connectivity index (χ0v) is 10.3. The van der Waals surface area contributed by atoms with E-state index in [1.807, 2.05) is 18.2 Å². The first kappa shape index (κ1) is 14.0. The van der Waals surface area contributed by atoms with Crippen molar-refractivity contribution in [3.63, 3.8) is 0 Å². The Bertz CT molecular complexity index is 392. The van der Waals surface area contributed by atoms with Gasteiger partial charge in [-0.3, -0.25) is 4.79 Å². The number of benzene rings is 1. The highest BCUT2D eigenvalue weighted by atomic mass is 16.4. The first-order chi connectivity index (χ1) is 8.59. The van der Waals surface area contributed by atoms with Gasteiger partial charge in [0.2, 0.25) is 0 Å². The quantitative estimate of drug-likeness (QED) is 0.717. The van der Waals surface area contributed by atoms with E-state index in [1.165, 1.54) is 5.56 Å². The fourth-order valence-corrected chi connectivity index (χ4v) is 1.57. The molecule has 0 aliphatic carbocycles. The minimum absolute atomic E-state index is 0.353. The lowest BCUT2D eigenvalue weighted by Gasteiger charge is -2.12. The Morgan fingerprint density at radius 3 is 2.50 bits per heavy atom. The van der Waals surface area contributed by atoms with E-state index in [9.17, 15) is 9.59 Å². The van der Waals surface area contributed by atoms with Crippen LogP contribution in [0.1, 0.15) is 24.8 Å². The summed E-state index contributed by atoms with van der Waals surface area (Å²) in [5, 5.41) is 13.3. The summed E-state index contributed by atoms with van der Waals surface area (Å²) in [5.41, 5.74) is 1.23. The summed E-state index contributed by atoms with van der Waals surface area (Å²) in [6.45, 7) is 2.24. The topological polar surface area (TPSA) is 78.4 Å². The molecule has 1 aromatic carbocycles. The molecule has 5 heteroatoms. The van der Waals surface area contributed by atoms with Crippen molar-refractivity contribution < 1.29 is 14.7 Å². The van der Waals surface area contributed by atoms with Crippen LogP contribution in [0.5, 0.6) is 0 Å². The van der Waals surface area contributed by atoms with Gasteiger partial charge < -0.3 is 15.7 Å². The average molecular weight is 250 g/mol. The normalized spacial score (nSPS) is 11.6. The standard InChI is InChI=1S/C13H18N2O3/c1-10(11-5-3-2-4-6-11)7-8-14-13(18)15-9-12(16)17/h2-6,10H,7-9H2,1H3,(H,16,17)(H2,14,15,18). The van der Waals surface area contributed by atoms with Crippen LogP contribution in [0.2, 0.25) is 0 Å². The van der Waals surface area contributed by atoms with Crippen LogP contribution in [0.25, 0.3) is 0 Å². The van der Waals surface area contributed by atoms with E-state index in [1.54, 1.807) is 0 Å². The van der Waals surface area contributed by atoms with Crippen molar-refractivity contribution >= 4 is 12.0 Å². The smallest absolute Gasteiger partial charge is 0.323 e. The summed E-state index contributed by atoms with van der Waals surface area (Å²) in [6, 6.07) is 9.59. The molecule has 0 heterocycles. The van der Waals surface area contributed by atoms with Crippen molar-refractivity contribution in [3.8, 4) is 0 Å². The molecule has 1 unspecified atom stereocenters. The number of carbonyl (C=O) groups is 2. The lowest BCUT2D eigenvalue weighted by Crippen LogP contribution is -2.39. The van der Waals surface area contributed by atoms with Gasteiger partial charge in [0.25, 0.3) is 0 Å². The van der Waals surface area contributed by atoms with E-state index in [4.69, 9.17) is 5.11 Å². The lowest BCUT2D eigenvalue weighted by atomic mass is 9.98. The number of amides is 2. The highest BCUT2D eigenvalue weighted by Crippen LogP contribution is 2.17. The highest BCUT2D eigenvalue weighted by molar-refractivity contribution is 5.79. The molecule has 0 radical (unpaired) electrons. The zero-order chi connectivity index (χ0) is 13.4. The van der Waals surface area contributed by atoms with E-state index >= 15 is 0 Å². The third kappa shape index (κ3) is 5.34. The molecule has 0 fully saturated rings. The van der Waals surface area contributed by atoms with E-state index in [2.05, 4.69) is 29.7 Å². The van der Waals surface area contributed by atoms with E-state index in [0.29, 0.717) is 12.5 Å². The summed E-state index contributed by atoms with van der Waals surface area (Å²) in [6.07, 6.45) is 0.810. The number of aliphatic carboxylic acids is 1. The van der Waals surface area contributed by atoms with Gasteiger partial charge >= 0.3 is 12.0 Å². The summed E-state index contributed by atoms with van der Waals surface area (Å²) >= 11 is 0. The van der Waals surface area contributed by atoms with Gasteiger partial charge in [-0.15, -0.1) is 0 Å². The predicted molar refractivity (Wildman–Crippen MR) is 68.5 cm³/mol. The molecule has 2 amide bonds. The summed E-state index contributed by atoms with van der Waals surface area (Å²) < 4.78 is 0. The number of carboxylic acid groups (broad SMARTS) is 1. The molecular formula is C13H18N2O3. The molecule has 0 aliphatic heterocycles. The fraction of sp³-hybridized carbons (Fsp3) is 0.385. The second kappa shape index (κ2) is 7.32. The van der Waals surface area contributed by atoms with Gasteiger partial charge in [-0.1, -0.05) is 37.3 Å². The number of rotatable bonds is 6. The van der Waals surface area contributed by atoms with Crippen LogP contribution in [-0.2, 0) is 4.79 Å². The van der Waals surface area contributed by atoms with Crippen molar-refractivity contribution in [2.45, 2.75) is 19.3 Å². The monoisotopic (exact) mass is 250 g/mol. The maximum Gasteiger partial charge on any atom is 0.323 e. The van der Waals surface area contributed by atoms with Crippen LogP contribution in [-0.4, -0.2) is 30.2 Å². The van der Waals surface area contributed by atoms with Gasteiger partial charge in [-0.2, -0.15) is 0 Å². The Morgan fingerprint density at radius 1 is 1.22 bits per heavy atom. The molecule has 5 nitrogen and oxygen atoms in total. The number of urea groups is 1. The second-order valence-corrected chi connectivity index (χ2v) is 4.10. The minimum Gasteiger partial charge on any atom is -0.480 e. The van der Waals surface area contributed by atoms with Crippen LogP contribution in [0.15, 0.2) is 30.3 Å². The summed E-state index contributed by atoms with van der Waals surface area (Å²) in [4.78, 5) is 21.4. The molecule has 1 atom stereocenters. The van der Waals surface area contributed by atoms with Crippen molar-refractivity contribution in [2.24, 2.45) is 0 Å². The average Bonchev–Trinajstić information content (AvgIpc) is 2.37. The van der Waals surface area contributed by atoms with Crippen LogP contribution in [0, 0.1) is 0 Å². The number of nitrogens with one attached hydrogen (secondary N) is 2. The number of hydrogen-bond donors (Lipinski definition) is 3. The van der Waals surface area contributed by atoms with Crippen molar-refractivity contribution in [2.75, 3.05) is 13.1 Å². The number of carbonyl (C=O) groups excluding carboxylic acids is 1. The first-order valence-corrected chi connectivity index (χ1v) is 5.88. The Morgan fingerprint density at radius 2 is 1.89 bits per heavy atom. The van der Waals surface area contributed by atoms with Crippen LogP contribution in [0.4, 0.5) is 4.79 Å². The molecule has 98 valence electrons. The van der Waals surface area contributed by atoms with Crippen molar-refractivity contribution in [1.82, 2.24) is 10.6 Å². The predicted octanol–water partition coefficient (Wildman–Crippen LogP) is 1.56. The molecule has 0 bridgehead atoms. The van der Waals surface area contributed by atoms with Gasteiger partial charge in [0.1, 0.15) is 6.54 Å². The van der Waals surface area contributed by atoms with Gasteiger partial charge in [0.05, 0.1) is 0 Å². The van der Waals surface area contributed by atoms with E-state index in [0.717, 1.165) is 6.42 Å². The number of hydrogen-bond acceptors (Lipinski definition) is 2. The molecule has 1 aromatic rings. The third-order valence-corrected chi connectivity index (χ3v) is 2.63. The molecule has 18 heavy (non-hydrogen) atoms. The second-order valence-electron chi connectivity index (χ2n) is 4.10. The van der Waals surface area contributed by atoms with Crippen molar-refractivity contribution in [3.05, 3.63) is 35.9 Å². The van der Waals surface area contributed by atoms with Gasteiger partial charge in [0, 0.05) is 6.54 Å². The largest absolute Gasteiger partial charge is 0.480 e. The van der Waals surface area contributed by atoms with Gasteiger partial charge in [-0.05, 0) is 17.9 Å². The molecular weight excluding hydrogens is 232 g/mol. The maximum absolute atomic E-state index is 11.2.